The Bertz CT molecular complexity index is 416. The summed E-state index contributed by atoms with van der Waals surface area (Å²) in [6.45, 7) is 4.00. The third-order valence-corrected chi connectivity index (χ3v) is 3.43. The molecule has 0 aromatic heterocycles. The summed E-state index contributed by atoms with van der Waals surface area (Å²) in [5, 5.41) is 0. The highest BCUT2D eigenvalue weighted by Crippen LogP contribution is 2.18. The van der Waals surface area contributed by atoms with Gasteiger partial charge in [0.15, 0.2) is 6.61 Å². The Morgan fingerprint density at radius 3 is 2.63 bits per heavy atom. The van der Waals surface area contributed by atoms with E-state index in [9.17, 15) is 4.79 Å². The molecule has 1 aromatic carbocycles. The summed E-state index contributed by atoms with van der Waals surface area (Å²) >= 11 is 0. The van der Waals surface area contributed by atoms with Crippen LogP contribution in [0.5, 0.6) is 11.5 Å². The Labute approximate surface area is 114 Å². The summed E-state index contributed by atoms with van der Waals surface area (Å²) in [6.07, 6.45) is 2.30. The molecule has 1 aromatic rings. The van der Waals surface area contributed by atoms with Crippen LogP contribution in [-0.2, 0) is 4.79 Å². The van der Waals surface area contributed by atoms with Gasteiger partial charge in [-0.3, -0.25) is 4.79 Å². The molecular formula is C15H21NO3. The molecule has 4 nitrogen and oxygen atoms in total. The minimum absolute atomic E-state index is 0.0716. The van der Waals surface area contributed by atoms with Crippen molar-refractivity contribution in [2.45, 2.75) is 19.8 Å². The van der Waals surface area contributed by atoms with E-state index in [-0.39, 0.29) is 12.5 Å². The van der Waals surface area contributed by atoms with Crippen molar-refractivity contribution in [2.75, 3.05) is 26.8 Å². The van der Waals surface area contributed by atoms with E-state index in [4.69, 9.17) is 9.47 Å². The smallest absolute Gasteiger partial charge is 0.260 e. The summed E-state index contributed by atoms with van der Waals surface area (Å²) < 4.78 is 10.6. The number of methoxy groups -OCH3 is 1. The van der Waals surface area contributed by atoms with Crippen LogP contribution in [0.25, 0.3) is 0 Å². The van der Waals surface area contributed by atoms with Gasteiger partial charge in [-0.2, -0.15) is 0 Å². The maximum atomic E-state index is 12.0. The quantitative estimate of drug-likeness (QED) is 0.837. The molecule has 1 fully saturated rings. The molecule has 0 N–H and O–H groups in total. The molecule has 1 heterocycles. The van der Waals surface area contributed by atoms with Crippen LogP contribution in [0.2, 0.25) is 0 Å². The number of benzene rings is 1. The Hall–Kier alpha value is -1.71. The largest absolute Gasteiger partial charge is 0.497 e. The summed E-state index contributed by atoms with van der Waals surface area (Å²) in [4.78, 5) is 13.9. The molecule has 4 heteroatoms. The summed E-state index contributed by atoms with van der Waals surface area (Å²) in [5.41, 5.74) is 0. The van der Waals surface area contributed by atoms with Crippen LogP contribution in [0, 0.1) is 5.92 Å². The predicted octanol–water partition coefficient (Wildman–Crippen LogP) is 2.33. The molecule has 1 atom stereocenters. The second kappa shape index (κ2) is 6.45. The van der Waals surface area contributed by atoms with E-state index in [1.165, 1.54) is 6.42 Å². The number of hydrogen-bond acceptors (Lipinski definition) is 3. The van der Waals surface area contributed by atoms with Crippen molar-refractivity contribution >= 4 is 5.91 Å². The minimum Gasteiger partial charge on any atom is -0.497 e. The fourth-order valence-electron chi connectivity index (χ4n) is 2.32. The van der Waals surface area contributed by atoms with E-state index < -0.39 is 0 Å². The fourth-order valence-corrected chi connectivity index (χ4v) is 2.32. The first-order chi connectivity index (χ1) is 9.19. The first-order valence-corrected chi connectivity index (χ1v) is 6.73. The minimum atomic E-state index is 0.0716. The van der Waals surface area contributed by atoms with Gasteiger partial charge in [0, 0.05) is 13.1 Å². The number of nitrogens with zero attached hydrogens (tertiary/aromatic N) is 1. The number of carbonyl (C=O) groups excluding carboxylic acids is 1. The predicted molar refractivity (Wildman–Crippen MR) is 73.5 cm³/mol. The van der Waals surface area contributed by atoms with Gasteiger partial charge >= 0.3 is 0 Å². The van der Waals surface area contributed by atoms with Crippen molar-refractivity contribution in [2.24, 2.45) is 5.92 Å². The molecule has 1 aliphatic rings. The van der Waals surface area contributed by atoms with Crippen molar-refractivity contribution in [1.29, 1.82) is 0 Å². The standard InChI is InChI=1S/C15H21NO3/c1-12-4-3-9-16(10-12)15(17)11-19-14-7-5-13(18-2)6-8-14/h5-8,12H,3-4,9-11H2,1-2H3. The number of likely N-dealkylation sites (tertiary alicyclic amines) is 1. The van der Waals surface area contributed by atoms with Gasteiger partial charge in [0.2, 0.25) is 0 Å². The zero-order valence-electron chi connectivity index (χ0n) is 11.6. The first-order valence-electron chi connectivity index (χ1n) is 6.73. The maximum Gasteiger partial charge on any atom is 0.260 e. The van der Waals surface area contributed by atoms with E-state index in [1.54, 1.807) is 7.11 Å². The molecular weight excluding hydrogens is 242 g/mol. The topological polar surface area (TPSA) is 38.8 Å². The second-order valence-electron chi connectivity index (χ2n) is 5.05. The van der Waals surface area contributed by atoms with E-state index in [1.807, 2.05) is 29.2 Å². The lowest BCUT2D eigenvalue weighted by molar-refractivity contribution is -0.135. The Morgan fingerprint density at radius 1 is 1.32 bits per heavy atom. The van der Waals surface area contributed by atoms with Crippen LogP contribution in [0.3, 0.4) is 0 Å². The second-order valence-corrected chi connectivity index (χ2v) is 5.05. The molecule has 2 rings (SSSR count). The van der Waals surface area contributed by atoms with Crippen molar-refractivity contribution in [3.05, 3.63) is 24.3 Å². The van der Waals surface area contributed by atoms with Gasteiger partial charge in [0.25, 0.3) is 5.91 Å². The third kappa shape index (κ3) is 3.88. The molecule has 0 spiro atoms. The van der Waals surface area contributed by atoms with Gasteiger partial charge in [-0.05, 0) is 43.0 Å². The number of amides is 1. The normalized spacial score (nSPS) is 19.1. The van der Waals surface area contributed by atoms with Gasteiger partial charge < -0.3 is 14.4 Å². The van der Waals surface area contributed by atoms with Gasteiger partial charge in [-0.1, -0.05) is 6.92 Å². The van der Waals surface area contributed by atoms with E-state index >= 15 is 0 Å². The molecule has 0 radical (unpaired) electrons. The third-order valence-electron chi connectivity index (χ3n) is 3.43. The highest BCUT2D eigenvalue weighted by Gasteiger charge is 2.20. The lowest BCUT2D eigenvalue weighted by Crippen LogP contribution is -2.41. The number of carbonyl (C=O) groups is 1. The van der Waals surface area contributed by atoms with E-state index in [0.717, 1.165) is 25.3 Å². The Balaban J connectivity index is 1.82. The van der Waals surface area contributed by atoms with Crippen LogP contribution in [0.1, 0.15) is 19.8 Å². The zero-order valence-corrected chi connectivity index (χ0v) is 11.6. The number of hydrogen-bond donors (Lipinski definition) is 0. The van der Waals surface area contributed by atoms with Crippen LogP contribution < -0.4 is 9.47 Å². The van der Waals surface area contributed by atoms with Gasteiger partial charge in [0.1, 0.15) is 11.5 Å². The molecule has 1 amide bonds. The molecule has 0 saturated carbocycles. The van der Waals surface area contributed by atoms with Crippen molar-refractivity contribution in [3.63, 3.8) is 0 Å². The first kappa shape index (κ1) is 13.7. The van der Waals surface area contributed by atoms with Gasteiger partial charge in [0.05, 0.1) is 7.11 Å². The van der Waals surface area contributed by atoms with Crippen LogP contribution in [-0.4, -0.2) is 37.6 Å². The van der Waals surface area contributed by atoms with E-state index in [2.05, 4.69) is 6.92 Å². The number of ether oxygens (including phenoxy) is 2. The maximum absolute atomic E-state index is 12.0. The highest BCUT2D eigenvalue weighted by atomic mass is 16.5. The van der Waals surface area contributed by atoms with Gasteiger partial charge in [-0.25, -0.2) is 0 Å². The number of rotatable bonds is 4. The summed E-state index contributed by atoms with van der Waals surface area (Å²) in [7, 11) is 1.62. The highest BCUT2D eigenvalue weighted by molar-refractivity contribution is 5.77. The Morgan fingerprint density at radius 2 is 2.00 bits per heavy atom. The zero-order chi connectivity index (χ0) is 13.7. The monoisotopic (exact) mass is 263 g/mol. The molecule has 104 valence electrons. The molecule has 19 heavy (non-hydrogen) atoms. The molecule has 1 unspecified atom stereocenters. The average Bonchev–Trinajstić information content (AvgIpc) is 2.45. The molecule has 1 saturated heterocycles. The van der Waals surface area contributed by atoms with Crippen molar-refractivity contribution in [3.8, 4) is 11.5 Å². The van der Waals surface area contributed by atoms with Crippen LogP contribution in [0.15, 0.2) is 24.3 Å². The van der Waals surface area contributed by atoms with Gasteiger partial charge in [-0.15, -0.1) is 0 Å². The van der Waals surface area contributed by atoms with Crippen LogP contribution in [0.4, 0.5) is 0 Å². The summed E-state index contributed by atoms with van der Waals surface area (Å²) in [6, 6.07) is 7.27. The SMILES string of the molecule is COc1ccc(OCC(=O)N2CCCC(C)C2)cc1. The number of piperidine rings is 1. The van der Waals surface area contributed by atoms with Crippen LogP contribution >= 0.6 is 0 Å². The molecule has 1 aliphatic heterocycles. The average molecular weight is 263 g/mol. The van der Waals surface area contributed by atoms with Crippen molar-refractivity contribution in [1.82, 2.24) is 4.90 Å². The summed E-state index contributed by atoms with van der Waals surface area (Å²) in [5.74, 6) is 2.14. The lowest BCUT2D eigenvalue weighted by atomic mass is 10.0. The Kier molecular flexibility index (Phi) is 4.66. The fraction of sp³-hybridized carbons (Fsp3) is 0.533. The van der Waals surface area contributed by atoms with Crippen molar-refractivity contribution < 1.29 is 14.3 Å². The van der Waals surface area contributed by atoms with E-state index in [0.29, 0.717) is 11.7 Å². The lowest BCUT2D eigenvalue weighted by Gasteiger charge is -2.30. The molecule has 0 aliphatic carbocycles. The molecule has 0 bridgehead atoms.